The van der Waals surface area contributed by atoms with Gasteiger partial charge in [-0.3, -0.25) is 9.69 Å². The van der Waals surface area contributed by atoms with Crippen molar-refractivity contribution < 1.29 is 9.32 Å². The number of benzene rings is 1. The van der Waals surface area contributed by atoms with Crippen molar-refractivity contribution in [1.82, 2.24) is 19.9 Å². The number of carbonyl (C=O) groups excluding carboxylic acids is 1. The second-order valence-electron chi connectivity index (χ2n) is 6.83. The number of aryl methyl sites for hydroxylation is 2. The zero-order valence-electron chi connectivity index (χ0n) is 15.8. The Balaban J connectivity index is 1.48. The lowest BCUT2D eigenvalue weighted by molar-refractivity contribution is 0.0615. The van der Waals surface area contributed by atoms with Gasteiger partial charge >= 0.3 is 0 Å². The van der Waals surface area contributed by atoms with Gasteiger partial charge in [0.25, 0.3) is 5.91 Å². The summed E-state index contributed by atoms with van der Waals surface area (Å²) in [6.07, 6.45) is 4.07. The van der Waals surface area contributed by atoms with Crippen molar-refractivity contribution in [3.8, 4) is 0 Å². The van der Waals surface area contributed by atoms with Crippen LogP contribution in [-0.4, -0.2) is 52.0 Å². The van der Waals surface area contributed by atoms with E-state index in [0.29, 0.717) is 12.4 Å². The first kappa shape index (κ1) is 18.6. The molecule has 1 aromatic heterocycles. The Morgan fingerprint density at radius 3 is 2.50 bits per heavy atom. The minimum atomic E-state index is 0.118. The van der Waals surface area contributed by atoms with Crippen molar-refractivity contribution in [2.24, 2.45) is 0 Å². The number of piperazine rings is 1. The molecule has 0 spiro atoms. The molecule has 0 saturated carbocycles. The zero-order valence-corrected chi connectivity index (χ0v) is 15.8. The monoisotopic (exact) mass is 356 g/mol. The molecule has 0 atom stereocenters. The van der Waals surface area contributed by atoms with Crippen LogP contribution < -0.4 is 0 Å². The lowest BCUT2D eigenvalue weighted by atomic mass is 10.1. The van der Waals surface area contributed by atoms with E-state index in [-0.39, 0.29) is 5.91 Å². The molecule has 3 rings (SSSR count). The first-order chi connectivity index (χ1) is 12.7. The fourth-order valence-corrected chi connectivity index (χ4v) is 3.16. The summed E-state index contributed by atoms with van der Waals surface area (Å²) in [7, 11) is 0. The van der Waals surface area contributed by atoms with Gasteiger partial charge in [-0.1, -0.05) is 37.6 Å². The standard InChI is InChI=1S/C20H28N4O2/c1-3-5-6-18-21-19(26-22-18)15-23-11-13-24(14-12-23)20(25)17-9-7-16(4-2)8-10-17/h7-10H,3-6,11-15H2,1-2H3. The lowest BCUT2D eigenvalue weighted by Gasteiger charge is -2.34. The van der Waals surface area contributed by atoms with Gasteiger partial charge in [-0.2, -0.15) is 4.98 Å². The van der Waals surface area contributed by atoms with Crippen LogP contribution in [0.4, 0.5) is 0 Å². The highest BCUT2D eigenvalue weighted by Gasteiger charge is 2.23. The molecule has 1 amide bonds. The summed E-state index contributed by atoms with van der Waals surface area (Å²) >= 11 is 0. The topological polar surface area (TPSA) is 62.5 Å². The van der Waals surface area contributed by atoms with Crippen molar-refractivity contribution in [3.05, 3.63) is 47.1 Å². The SMILES string of the molecule is CCCCc1noc(CN2CCN(C(=O)c3ccc(CC)cc3)CC2)n1. The minimum absolute atomic E-state index is 0.118. The molecule has 1 aliphatic heterocycles. The molecule has 0 radical (unpaired) electrons. The molecule has 1 fully saturated rings. The maximum Gasteiger partial charge on any atom is 0.253 e. The van der Waals surface area contributed by atoms with Crippen LogP contribution in [0.25, 0.3) is 0 Å². The Kier molecular flexibility index (Phi) is 6.39. The molecule has 6 heteroatoms. The van der Waals surface area contributed by atoms with Crippen molar-refractivity contribution >= 4 is 5.91 Å². The Morgan fingerprint density at radius 1 is 1.12 bits per heavy atom. The van der Waals surface area contributed by atoms with Crippen LogP contribution in [0.1, 0.15) is 54.3 Å². The molecular formula is C20H28N4O2. The molecule has 2 heterocycles. The maximum absolute atomic E-state index is 12.6. The highest BCUT2D eigenvalue weighted by atomic mass is 16.5. The predicted molar refractivity (Wildman–Crippen MR) is 99.9 cm³/mol. The number of nitrogens with zero attached hydrogens (tertiary/aromatic N) is 4. The number of amides is 1. The van der Waals surface area contributed by atoms with Gasteiger partial charge in [0.15, 0.2) is 5.82 Å². The molecule has 0 bridgehead atoms. The van der Waals surface area contributed by atoms with E-state index in [1.807, 2.05) is 29.2 Å². The van der Waals surface area contributed by atoms with Crippen LogP contribution in [-0.2, 0) is 19.4 Å². The van der Waals surface area contributed by atoms with Crippen molar-refractivity contribution in [2.75, 3.05) is 26.2 Å². The smallest absolute Gasteiger partial charge is 0.253 e. The maximum atomic E-state index is 12.6. The molecule has 1 aromatic carbocycles. The van der Waals surface area contributed by atoms with E-state index < -0.39 is 0 Å². The molecule has 26 heavy (non-hydrogen) atoms. The van der Waals surface area contributed by atoms with Crippen LogP contribution in [0.3, 0.4) is 0 Å². The van der Waals surface area contributed by atoms with Crippen molar-refractivity contribution in [1.29, 1.82) is 0 Å². The van der Waals surface area contributed by atoms with E-state index in [4.69, 9.17) is 4.52 Å². The van der Waals surface area contributed by atoms with Crippen LogP contribution in [0, 0.1) is 0 Å². The highest BCUT2D eigenvalue weighted by Crippen LogP contribution is 2.13. The third-order valence-corrected chi connectivity index (χ3v) is 4.89. The Hall–Kier alpha value is -2.21. The van der Waals surface area contributed by atoms with E-state index in [0.717, 1.165) is 63.3 Å². The summed E-state index contributed by atoms with van der Waals surface area (Å²) in [5, 5.41) is 4.04. The molecule has 0 aliphatic carbocycles. The summed E-state index contributed by atoms with van der Waals surface area (Å²) in [5.41, 5.74) is 2.03. The van der Waals surface area contributed by atoms with E-state index >= 15 is 0 Å². The number of hydrogen-bond acceptors (Lipinski definition) is 5. The van der Waals surface area contributed by atoms with Gasteiger partial charge in [-0.05, 0) is 30.5 Å². The Morgan fingerprint density at radius 2 is 1.85 bits per heavy atom. The van der Waals surface area contributed by atoms with Crippen LogP contribution >= 0.6 is 0 Å². The summed E-state index contributed by atoms with van der Waals surface area (Å²) in [4.78, 5) is 21.3. The Labute approximate surface area is 155 Å². The molecule has 1 saturated heterocycles. The quantitative estimate of drug-likeness (QED) is 0.763. The zero-order chi connectivity index (χ0) is 18.4. The fraction of sp³-hybridized carbons (Fsp3) is 0.550. The number of unbranched alkanes of at least 4 members (excludes halogenated alkanes) is 1. The van der Waals surface area contributed by atoms with Gasteiger partial charge in [0.1, 0.15) is 0 Å². The summed E-state index contributed by atoms with van der Waals surface area (Å²) in [6, 6.07) is 7.94. The summed E-state index contributed by atoms with van der Waals surface area (Å²) in [6.45, 7) is 8.03. The first-order valence-corrected chi connectivity index (χ1v) is 9.61. The van der Waals surface area contributed by atoms with Gasteiger partial charge in [0.2, 0.25) is 5.89 Å². The third-order valence-electron chi connectivity index (χ3n) is 4.89. The van der Waals surface area contributed by atoms with Crippen molar-refractivity contribution in [3.63, 3.8) is 0 Å². The third kappa shape index (κ3) is 4.69. The molecule has 2 aromatic rings. The average Bonchev–Trinajstić information content (AvgIpc) is 3.13. The summed E-state index contributed by atoms with van der Waals surface area (Å²) < 4.78 is 5.35. The normalized spacial score (nSPS) is 15.4. The van der Waals surface area contributed by atoms with Crippen LogP contribution in [0.15, 0.2) is 28.8 Å². The fourth-order valence-electron chi connectivity index (χ4n) is 3.16. The van der Waals surface area contributed by atoms with Gasteiger partial charge < -0.3 is 9.42 Å². The van der Waals surface area contributed by atoms with E-state index in [1.54, 1.807) is 0 Å². The molecule has 6 nitrogen and oxygen atoms in total. The second kappa shape index (κ2) is 8.94. The number of aromatic nitrogens is 2. The van der Waals surface area contributed by atoms with E-state index in [2.05, 4.69) is 28.9 Å². The molecule has 0 N–H and O–H groups in total. The molecular weight excluding hydrogens is 328 g/mol. The first-order valence-electron chi connectivity index (χ1n) is 9.61. The van der Waals surface area contributed by atoms with Gasteiger partial charge in [-0.25, -0.2) is 0 Å². The van der Waals surface area contributed by atoms with Crippen molar-refractivity contribution in [2.45, 2.75) is 46.1 Å². The second-order valence-corrected chi connectivity index (χ2v) is 6.83. The highest BCUT2D eigenvalue weighted by molar-refractivity contribution is 5.94. The summed E-state index contributed by atoms with van der Waals surface area (Å²) in [5.74, 6) is 1.59. The van der Waals surface area contributed by atoms with Gasteiger partial charge in [0.05, 0.1) is 6.54 Å². The largest absolute Gasteiger partial charge is 0.338 e. The number of carbonyl (C=O) groups is 1. The van der Waals surface area contributed by atoms with E-state index in [9.17, 15) is 4.79 Å². The van der Waals surface area contributed by atoms with Gasteiger partial charge in [-0.15, -0.1) is 0 Å². The number of hydrogen-bond donors (Lipinski definition) is 0. The molecule has 0 unspecified atom stereocenters. The van der Waals surface area contributed by atoms with Crippen LogP contribution in [0.2, 0.25) is 0 Å². The lowest BCUT2D eigenvalue weighted by Crippen LogP contribution is -2.48. The van der Waals surface area contributed by atoms with Crippen LogP contribution in [0.5, 0.6) is 0 Å². The Bertz CT molecular complexity index is 703. The molecule has 140 valence electrons. The van der Waals surface area contributed by atoms with Gasteiger partial charge in [0, 0.05) is 38.2 Å². The van der Waals surface area contributed by atoms with E-state index in [1.165, 1.54) is 5.56 Å². The predicted octanol–water partition coefficient (Wildman–Crippen LogP) is 2.93. The average molecular weight is 356 g/mol. The minimum Gasteiger partial charge on any atom is -0.338 e. The molecule has 1 aliphatic rings. The number of rotatable bonds is 7.